The lowest BCUT2D eigenvalue weighted by atomic mass is 10.1. The summed E-state index contributed by atoms with van der Waals surface area (Å²) in [6.45, 7) is 2.15. The van der Waals surface area contributed by atoms with Crippen LogP contribution in [0.4, 0.5) is 0 Å². The molecule has 0 atom stereocenters. The number of aromatic hydroxyl groups is 1. The summed E-state index contributed by atoms with van der Waals surface area (Å²) in [7, 11) is 0. The van der Waals surface area contributed by atoms with Crippen LogP contribution in [0.2, 0.25) is 0 Å². The quantitative estimate of drug-likeness (QED) is 0.698. The van der Waals surface area contributed by atoms with Gasteiger partial charge in [0.2, 0.25) is 0 Å². The largest absolute Gasteiger partial charge is 0.508 e. The normalized spacial score (nSPS) is 9.08. The van der Waals surface area contributed by atoms with Gasteiger partial charge >= 0.3 is 0 Å². The standard InChI is InChI=1S/C10H14O.Mg/c1-2-3-6-9-7-4-5-8-10(9)11;/h4-5,7-8,11H,2-3,6H2,1H3;. The minimum absolute atomic E-state index is 0. The molecule has 0 aliphatic rings. The third-order valence-corrected chi connectivity index (χ3v) is 1.79. The van der Waals surface area contributed by atoms with E-state index >= 15 is 0 Å². The average molecular weight is 175 g/mol. The van der Waals surface area contributed by atoms with Gasteiger partial charge in [-0.25, -0.2) is 0 Å². The lowest BCUT2D eigenvalue weighted by Gasteiger charge is -2.01. The molecular formula is C10H14MgO. The van der Waals surface area contributed by atoms with E-state index in [-0.39, 0.29) is 23.1 Å². The third-order valence-electron chi connectivity index (χ3n) is 1.79. The fraction of sp³-hybridized carbons (Fsp3) is 0.400. The van der Waals surface area contributed by atoms with Crippen molar-refractivity contribution in [2.75, 3.05) is 0 Å². The van der Waals surface area contributed by atoms with Gasteiger partial charge in [0.15, 0.2) is 0 Å². The highest BCUT2D eigenvalue weighted by molar-refractivity contribution is 5.75. The van der Waals surface area contributed by atoms with Gasteiger partial charge in [0.05, 0.1) is 0 Å². The van der Waals surface area contributed by atoms with Gasteiger partial charge in [0.25, 0.3) is 0 Å². The highest BCUT2D eigenvalue weighted by atomic mass is 24.3. The summed E-state index contributed by atoms with van der Waals surface area (Å²) in [5, 5.41) is 9.34. The van der Waals surface area contributed by atoms with Crippen molar-refractivity contribution >= 4 is 23.1 Å². The van der Waals surface area contributed by atoms with Crippen LogP contribution < -0.4 is 0 Å². The van der Waals surface area contributed by atoms with Gasteiger partial charge in [-0.3, -0.25) is 0 Å². The maximum atomic E-state index is 9.34. The second kappa shape index (κ2) is 6.32. The molecule has 0 aromatic heterocycles. The van der Waals surface area contributed by atoms with Crippen LogP contribution in [0.1, 0.15) is 25.3 Å². The predicted octanol–water partition coefficient (Wildman–Crippen LogP) is 2.35. The van der Waals surface area contributed by atoms with E-state index in [0.29, 0.717) is 5.75 Å². The molecule has 2 heteroatoms. The van der Waals surface area contributed by atoms with Crippen molar-refractivity contribution in [3.8, 4) is 5.75 Å². The molecule has 0 saturated carbocycles. The average Bonchev–Trinajstić information content (AvgIpc) is 2.03. The molecular weight excluding hydrogens is 160 g/mol. The van der Waals surface area contributed by atoms with Gasteiger partial charge < -0.3 is 5.11 Å². The summed E-state index contributed by atoms with van der Waals surface area (Å²) >= 11 is 0. The Labute approximate surface area is 90.0 Å². The smallest absolute Gasteiger partial charge is 0.118 e. The number of phenols is 1. The molecule has 0 aliphatic heterocycles. The van der Waals surface area contributed by atoms with E-state index in [0.717, 1.165) is 18.4 Å². The van der Waals surface area contributed by atoms with Crippen molar-refractivity contribution in [3.05, 3.63) is 29.8 Å². The van der Waals surface area contributed by atoms with E-state index in [1.807, 2.05) is 18.2 Å². The zero-order valence-electron chi connectivity index (χ0n) is 7.59. The minimum atomic E-state index is 0. The highest BCUT2D eigenvalue weighted by Crippen LogP contribution is 2.17. The van der Waals surface area contributed by atoms with Crippen molar-refractivity contribution in [1.29, 1.82) is 0 Å². The lowest BCUT2D eigenvalue weighted by molar-refractivity contribution is 0.467. The Hall–Kier alpha value is -0.214. The van der Waals surface area contributed by atoms with Crippen molar-refractivity contribution in [2.45, 2.75) is 26.2 Å². The summed E-state index contributed by atoms with van der Waals surface area (Å²) in [5.41, 5.74) is 1.06. The van der Waals surface area contributed by atoms with Crippen LogP contribution in [-0.4, -0.2) is 28.2 Å². The second-order valence-electron chi connectivity index (χ2n) is 2.73. The van der Waals surface area contributed by atoms with Crippen LogP contribution in [0.5, 0.6) is 5.75 Å². The molecule has 1 nitrogen and oxygen atoms in total. The Balaban J connectivity index is 0.00000121. The van der Waals surface area contributed by atoms with Crippen LogP contribution in [-0.2, 0) is 6.42 Å². The van der Waals surface area contributed by atoms with Crippen molar-refractivity contribution < 1.29 is 5.11 Å². The Morgan fingerprint density at radius 1 is 1.25 bits per heavy atom. The van der Waals surface area contributed by atoms with Gasteiger partial charge in [-0.15, -0.1) is 0 Å². The minimum Gasteiger partial charge on any atom is -0.508 e. The van der Waals surface area contributed by atoms with Gasteiger partial charge in [-0.1, -0.05) is 31.5 Å². The first-order chi connectivity index (χ1) is 5.34. The summed E-state index contributed by atoms with van der Waals surface area (Å²) in [5.74, 6) is 0.431. The Bertz CT molecular complexity index is 223. The monoisotopic (exact) mass is 174 g/mol. The number of hydrogen-bond acceptors (Lipinski definition) is 1. The third kappa shape index (κ3) is 3.46. The molecule has 0 spiro atoms. The molecule has 1 aromatic rings. The molecule has 62 valence electrons. The highest BCUT2D eigenvalue weighted by Gasteiger charge is 1.96. The zero-order chi connectivity index (χ0) is 8.10. The van der Waals surface area contributed by atoms with Crippen LogP contribution in [0.15, 0.2) is 24.3 Å². The van der Waals surface area contributed by atoms with Crippen LogP contribution in [0.25, 0.3) is 0 Å². The van der Waals surface area contributed by atoms with E-state index in [4.69, 9.17) is 0 Å². The van der Waals surface area contributed by atoms with E-state index in [9.17, 15) is 5.11 Å². The summed E-state index contributed by atoms with van der Waals surface area (Å²) in [6.07, 6.45) is 3.31. The Morgan fingerprint density at radius 2 is 1.92 bits per heavy atom. The van der Waals surface area contributed by atoms with Gasteiger partial charge in [-0.05, 0) is 24.5 Å². The van der Waals surface area contributed by atoms with E-state index in [1.165, 1.54) is 6.42 Å². The second-order valence-corrected chi connectivity index (χ2v) is 2.73. The SMILES string of the molecule is CCCCc1ccccc1O.[Mg]. The van der Waals surface area contributed by atoms with Crippen molar-refractivity contribution in [1.82, 2.24) is 0 Å². The summed E-state index contributed by atoms with van der Waals surface area (Å²) < 4.78 is 0. The fourth-order valence-corrected chi connectivity index (χ4v) is 1.09. The van der Waals surface area contributed by atoms with E-state index in [1.54, 1.807) is 6.07 Å². The number of rotatable bonds is 3. The van der Waals surface area contributed by atoms with Crippen LogP contribution in [0, 0.1) is 0 Å². The lowest BCUT2D eigenvalue weighted by Crippen LogP contribution is -1.83. The molecule has 12 heavy (non-hydrogen) atoms. The van der Waals surface area contributed by atoms with Crippen molar-refractivity contribution in [3.63, 3.8) is 0 Å². The molecule has 0 heterocycles. The Morgan fingerprint density at radius 3 is 2.50 bits per heavy atom. The number of phenolic OH excluding ortho intramolecular Hbond substituents is 1. The van der Waals surface area contributed by atoms with Gasteiger partial charge in [0, 0.05) is 23.1 Å². The molecule has 0 fully saturated rings. The molecule has 1 aromatic carbocycles. The fourth-order valence-electron chi connectivity index (χ4n) is 1.09. The molecule has 0 aliphatic carbocycles. The van der Waals surface area contributed by atoms with E-state index < -0.39 is 0 Å². The summed E-state index contributed by atoms with van der Waals surface area (Å²) in [4.78, 5) is 0. The van der Waals surface area contributed by atoms with Gasteiger partial charge in [0.1, 0.15) is 5.75 Å². The number of unbranched alkanes of at least 4 members (excludes halogenated alkanes) is 1. The van der Waals surface area contributed by atoms with Crippen LogP contribution in [0.3, 0.4) is 0 Å². The van der Waals surface area contributed by atoms with Crippen LogP contribution >= 0.6 is 0 Å². The molecule has 0 amide bonds. The maximum absolute atomic E-state index is 9.34. The zero-order valence-corrected chi connectivity index (χ0v) is 9.00. The molecule has 1 N–H and O–H groups in total. The number of aryl methyl sites for hydroxylation is 1. The molecule has 0 unspecified atom stereocenters. The van der Waals surface area contributed by atoms with Gasteiger partial charge in [-0.2, -0.15) is 0 Å². The number of benzene rings is 1. The first-order valence-corrected chi connectivity index (χ1v) is 4.11. The first kappa shape index (κ1) is 11.8. The molecule has 1 rings (SSSR count). The van der Waals surface area contributed by atoms with E-state index in [2.05, 4.69) is 6.92 Å². The summed E-state index contributed by atoms with van der Waals surface area (Å²) in [6, 6.07) is 7.53. The Kier molecular flexibility index (Phi) is 6.21. The maximum Gasteiger partial charge on any atom is 0.118 e. The predicted molar refractivity (Wildman–Crippen MR) is 52.5 cm³/mol. The molecule has 0 saturated heterocycles. The number of para-hydroxylation sites is 1. The van der Waals surface area contributed by atoms with Crippen molar-refractivity contribution in [2.24, 2.45) is 0 Å². The topological polar surface area (TPSA) is 20.2 Å². The first-order valence-electron chi connectivity index (χ1n) is 4.11. The number of hydrogen-bond donors (Lipinski definition) is 1. The molecule has 2 radical (unpaired) electrons. The molecule has 0 bridgehead atoms.